The number of anilines is 1. The predicted molar refractivity (Wildman–Crippen MR) is 77.7 cm³/mol. The van der Waals surface area contributed by atoms with Crippen LogP contribution in [0.3, 0.4) is 0 Å². The van der Waals surface area contributed by atoms with Crippen molar-refractivity contribution in [3.8, 4) is 5.95 Å². The number of carbonyl (C=O) groups is 1. The van der Waals surface area contributed by atoms with Gasteiger partial charge in [0.2, 0.25) is 5.95 Å². The maximum absolute atomic E-state index is 12.3. The molecule has 0 saturated heterocycles. The van der Waals surface area contributed by atoms with E-state index >= 15 is 0 Å². The fourth-order valence-electron chi connectivity index (χ4n) is 2.26. The first-order valence-corrected chi connectivity index (χ1v) is 6.98. The van der Waals surface area contributed by atoms with E-state index in [1.807, 2.05) is 0 Å². The molecule has 0 spiro atoms. The molecule has 4 rings (SSSR count). The van der Waals surface area contributed by atoms with Crippen LogP contribution in [0.4, 0.5) is 5.69 Å². The minimum atomic E-state index is -0.191. The first kappa shape index (κ1) is 12.7. The van der Waals surface area contributed by atoms with Crippen molar-refractivity contribution < 1.29 is 4.79 Å². The molecule has 1 fully saturated rings. The summed E-state index contributed by atoms with van der Waals surface area (Å²) in [6.07, 6.45) is 10.3. The van der Waals surface area contributed by atoms with Gasteiger partial charge in [-0.2, -0.15) is 10.2 Å². The second kappa shape index (κ2) is 5.06. The summed E-state index contributed by atoms with van der Waals surface area (Å²) in [5.41, 5.74) is 2.09. The minimum absolute atomic E-state index is 0.191. The Morgan fingerprint density at radius 1 is 1.27 bits per heavy atom. The number of amides is 1. The Morgan fingerprint density at radius 3 is 2.86 bits per heavy atom. The number of carbonyl (C=O) groups excluding carboxylic acids is 1. The third-order valence-electron chi connectivity index (χ3n) is 3.50. The molecule has 0 aromatic carbocycles. The summed E-state index contributed by atoms with van der Waals surface area (Å²) in [5.74, 6) is 0.692. The first-order valence-electron chi connectivity index (χ1n) is 6.98. The Morgan fingerprint density at radius 2 is 2.09 bits per heavy atom. The van der Waals surface area contributed by atoms with E-state index in [2.05, 4.69) is 30.6 Å². The quantitative estimate of drug-likeness (QED) is 0.759. The Kier molecular flexibility index (Phi) is 2.92. The van der Waals surface area contributed by atoms with Crippen molar-refractivity contribution in [2.45, 2.75) is 18.8 Å². The molecule has 3 heterocycles. The average Bonchev–Trinajstić information content (AvgIpc) is 3.09. The lowest BCUT2D eigenvalue weighted by atomic mass is 10.1. The summed E-state index contributed by atoms with van der Waals surface area (Å²) in [6, 6.07) is 1.73. The summed E-state index contributed by atoms with van der Waals surface area (Å²) in [4.78, 5) is 20.5. The maximum atomic E-state index is 12.3. The highest BCUT2D eigenvalue weighted by molar-refractivity contribution is 6.05. The largest absolute Gasteiger partial charge is 0.319 e. The summed E-state index contributed by atoms with van der Waals surface area (Å²) < 4.78 is 1.51. The van der Waals surface area contributed by atoms with Gasteiger partial charge in [0, 0.05) is 18.3 Å². The smallest absolute Gasteiger partial charge is 0.259 e. The molecular weight excluding hydrogens is 282 g/mol. The zero-order valence-electron chi connectivity index (χ0n) is 11.6. The number of H-pyrrole nitrogens is 1. The third kappa shape index (κ3) is 2.34. The van der Waals surface area contributed by atoms with E-state index in [1.165, 1.54) is 4.68 Å². The normalized spacial score (nSPS) is 14.0. The molecule has 2 N–H and O–H groups in total. The molecule has 8 nitrogen and oxygen atoms in total. The summed E-state index contributed by atoms with van der Waals surface area (Å²) in [7, 11) is 0. The number of aromatic nitrogens is 6. The number of nitrogens with one attached hydrogen (secondary N) is 2. The van der Waals surface area contributed by atoms with Gasteiger partial charge >= 0.3 is 0 Å². The maximum Gasteiger partial charge on any atom is 0.259 e. The van der Waals surface area contributed by atoms with Crippen LogP contribution in [0.2, 0.25) is 0 Å². The van der Waals surface area contributed by atoms with Gasteiger partial charge in [0.15, 0.2) is 0 Å². The molecular formula is C14H13N7O. The Labute approximate surface area is 125 Å². The Bertz CT molecular complexity index is 803. The van der Waals surface area contributed by atoms with Crippen LogP contribution in [-0.2, 0) is 0 Å². The second-order valence-corrected chi connectivity index (χ2v) is 5.15. The zero-order chi connectivity index (χ0) is 14.9. The molecule has 0 unspecified atom stereocenters. The van der Waals surface area contributed by atoms with Gasteiger partial charge in [-0.15, -0.1) is 0 Å². The second-order valence-electron chi connectivity index (χ2n) is 5.15. The van der Waals surface area contributed by atoms with Gasteiger partial charge in [-0.1, -0.05) is 0 Å². The average molecular weight is 295 g/mol. The lowest BCUT2D eigenvalue weighted by molar-refractivity contribution is 0.102. The molecule has 8 heteroatoms. The molecule has 1 amide bonds. The summed E-state index contributed by atoms with van der Waals surface area (Å²) in [5, 5.41) is 13.8. The van der Waals surface area contributed by atoms with Gasteiger partial charge in [0.1, 0.15) is 0 Å². The van der Waals surface area contributed by atoms with Crippen LogP contribution in [0.25, 0.3) is 5.95 Å². The van der Waals surface area contributed by atoms with Crippen molar-refractivity contribution in [1.29, 1.82) is 0 Å². The lowest BCUT2D eigenvalue weighted by Crippen LogP contribution is -2.12. The van der Waals surface area contributed by atoms with E-state index < -0.39 is 0 Å². The monoisotopic (exact) mass is 295 g/mol. The molecule has 22 heavy (non-hydrogen) atoms. The molecule has 3 aromatic rings. The number of rotatable bonds is 4. The highest BCUT2D eigenvalue weighted by Gasteiger charge is 2.30. The van der Waals surface area contributed by atoms with Crippen molar-refractivity contribution in [1.82, 2.24) is 29.9 Å². The Hall–Kier alpha value is -3.03. The molecule has 0 bridgehead atoms. The van der Waals surface area contributed by atoms with Crippen LogP contribution in [-0.4, -0.2) is 35.9 Å². The fraction of sp³-hybridized carbons (Fsp3) is 0.214. The van der Waals surface area contributed by atoms with E-state index in [0.717, 1.165) is 18.5 Å². The minimum Gasteiger partial charge on any atom is -0.319 e. The fourth-order valence-corrected chi connectivity index (χ4v) is 2.26. The van der Waals surface area contributed by atoms with E-state index in [1.54, 1.807) is 37.1 Å². The van der Waals surface area contributed by atoms with Crippen LogP contribution in [0.5, 0.6) is 0 Å². The van der Waals surface area contributed by atoms with Crippen LogP contribution in [0.15, 0.2) is 37.1 Å². The topological polar surface area (TPSA) is 101 Å². The number of aromatic amines is 1. The molecule has 3 aromatic heterocycles. The van der Waals surface area contributed by atoms with Gasteiger partial charge in [-0.05, 0) is 18.9 Å². The molecule has 0 atom stereocenters. The molecule has 1 aliphatic carbocycles. The standard InChI is InChI=1S/C14H13N7O/c22-13(11-7-17-20-12(11)9-2-3-9)19-10-6-18-21(8-10)14-15-4-1-5-16-14/h1,4-9H,2-3H2,(H,17,20)(H,19,22). The number of nitrogens with zero attached hydrogens (tertiary/aromatic N) is 5. The van der Waals surface area contributed by atoms with Crippen molar-refractivity contribution in [3.63, 3.8) is 0 Å². The van der Waals surface area contributed by atoms with Crippen molar-refractivity contribution in [2.75, 3.05) is 5.32 Å². The summed E-state index contributed by atoms with van der Waals surface area (Å²) in [6.45, 7) is 0. The zero-order valence-corrected chi connectivity index (χ0v) is 11.6. The van der Waals surface area contributed by atoms with Gasteiger partial charge in [0.25, 0.3) is 5.91 Å². The van der Waals surface area contributed by atoms with E-state index in [4.69, 9.17) is 0 Å². The first-order chi connectivity index (χ1) is 10.8. The van der Waals surface area contributed by atoms with Gasteiger partial charge in [0.05, 0.1) is 35.5 Å². The number of hydrogen-bond donors (Lipinski definition) is 2. The molecule has 1 saturated carbocycles. The predicted octanol–water partition coefficient (Wildman–Crippen LogP) is 1.52. The van der Waals surface area contributed by atoms with Gasteiger partial charge in [-0.25, -0.2) is 14.6 Å². The van der Waals surface area contributed by atoms with Crippen LogP contribution in [0, 0.1) is 0 Å². The van der Waals surface area contributed by atoms with Crippen LogP contribution < -0.4 is 5.32 Å². The van der Waals surface area contributed by atoms with Crippen molar-refractivity contribution in [3.05, 3.63) is 48.3 Å². The van der Waals surface area contributed by atoms with Crippen LogP contribution >= 0.6 is 0 Å². The molecule has 0 radical (unpaired) electrons. The van der Waals surface area contributed by atoms with Crippen LogP contribution in [0.1, 0.15) is 34.8 Å². The third-order valence-corrected chi connectivity index (χ3v) is 3.50. The Balaban J connectivity index is 1.53. The summed E-state index contributed by atoms with van der Waals surface area (Å²) >= 11 is 0. The molecule has 1 aliphatic rings. The van der Waals surface area contributed by atoms with Gasteiger partial charge in [-0.3, -0.25) is 9.89 Å². The molecule has 110 valence electrons. The highest BCUT2D eigenvalue weighted by atomic mass is 16.1. The highest BCUT2D eigenvalue weighted by Crippen LogP contribution is 2.40. The molecule has 0 aliphatic heterocycles. The SMILES string of the molecule is O=C(Nc1cnn(-c2ncccn2)c1)c1cn[nH]c1C1CC1. The van der Waals surface area contributed by atoms with E-state index in [0.29, 0.717) is 23.1 Å². The van der Waals surface area contributed by atoms with E-state index in [-0.39, 0.29) is 5.91 Å². The number of hydrogen-bond acceptors (Lipinski definition) is 5. The van der Waals surface area contributed by atoms with Crippen molar-refractivity contribution >= 4 is 11.6 Å². The lowest BCUT2D eigenvalue weighted by Gasteiger charge is -2.02. The van der Waals surface area contributed by atoms with E-state index in [9.17, 15) is 4.79 Å². The van der Waals surface area contributed by atoms with Crippen molar-refractivity contribution in [2.24, 2.45) is 0 Å². The van der Waals surface area contributed by atoms with Gasteiger partial charge < -0.3 is 5.32 Å².